The standard InChI is InChI=1S/C39H50N6O5/c1-8-19-39(20-11-22-45(39)36(47)50-38(5,6)7)34-41-25-31(43-34)27-12-9-13-29(23-27)48-28-17-15-26(16-18-28)30-24-40-33(42-30)32-14-10-21-44(32)35(46)49-37(2,3)4/h9,12-13,15-18,23-25,32H,8,10-11,14,19-22H2,1-7H3,(H,40,42)(H,41,43). The largest absolute Gasteiger partial charge is 0.457 e. The molecule has 11 heteroatoms. The maximum absolute atomic E-state index is 13.3. The minimum atomic E-state index is -0.572. The average molecular weight is 683 g/mol. The van der Waals surface area contributed by atoms with Gasteiger partial charge in [-0.2, -0.15) is 0 Å². The highest BCUT2D eigenvalue weighted by atomic mass is 16.6. The number of ether oxygens (including phenoxy) is 3. The predicted octanol–water partition coefficient (Wildman–Crippen LogP) is 9.36. The fourth-order valence-corrected chi connectivity index (χ4v) is 7.01. The first-order chi connectivity index (χ1) is 23.7. The van der Waals surface area contributed by atoms with E-state index in [9.17, 15) is 9.59 Å². The Labute approximate surface area is 294 Å². The van der Waals surface area contributed by atoms with E-state index >= 15 is 0 Å². The highest BCUT2D eigenvalue weighted by Crippen LogP contribution is 2.43. The van der Waals surface area contributed by atoms with Crippen LogP contribution in [0.1, 0.15) is 105 Å². The molecule has 2 saturated heterocycles. The number of benzene rings is 2. The second-order valence-corrected chi connectivity index (χ2v) is 15.3. The summed E-state index contributed by atoms with van der Waals surface area (Å²) in [4.78, 5) is 46.1. The summed E-state index contributed by atoms with van der Waals surface area (Å²) in [6.45, 7) is 14.7. The third-order valence-electron chi connectivity index (χ3n) is 9.12. The molecule has 4 aromatic rings. The van der Waals surface area contributed by atoms with Crippen LogP contribution in [0.15, 0.2) is 60.9 Å². The zero-order chi connectivity index (χ0) is 35.7. The van der Waals surface area contributed by atoms with Gasteiger partial charge >= 0.3 is 12.2 Å². The van der Waals surface area contributed by atoms with Crippen LogP contribution in [0.3, 0.4) is 0 Å². The van der Waals surface area contributed by atoms with Crippen molar-refractivity contribution < 1.29 is 23.8 Å². The van der Waals surface area contributed by atoms with E-state index in [-0.39, 0.29) is 18.2 Å². The Balaban J connectivity index is 1.14. The minimum Gasteiger partial charge on any atom is -0.457 e. The van der Waals surface area contributed by atoms with Gasteiger partial charge in [0.1, 0.15) is 39.9 Å². The van der Waals surface area contributed by atoms with Crippen LogP contribution in [-0.2, 0) is 15.0 Å². The zero-order valence-corrected chi connectivity index (χ0v) is 30.3. The highest BCUT2D eigenvalue weighted by molar-refractivity contribution is 5.71. The van der Waals surface area contributed by atoms with Crippen molar-refractivity contribution in [2.75, 3.05) is 13.1 Å². The SMILES string of the molecule is CCCC1(c2ncc(-c3cccc(Oc4ccc(-c5cnc(C6CCCN6C(=O)OC(C)(C)C)[nH]5)cc4)c3)[nH]2)CCCN1C(=O)OC(C)(C)C. The van der Waals surface area contributed by atoms with E-state index in [0.29, 0.717) is 24.6 Å². The van der Waals surface area contributed by atoms with E-state index in [1.807, 2.05) is 107 Å². The number of carbonyl (C=O) groups is 2. The number of likely N-dealkylation sites (tertiary alicyclic amines) is 2. The van der Waals surface area contributed by atoms with Crippen molar-refractivity contribution in [3.63, 3.8) is 0 Å². The number of nitrogens with zero attached hydrogens (tertiary/aromatic N) is 4. The van der Waals surface area contributed by atoms with Crippen LogP contribution >= 0.6 is 0 Å². The van der Waals surface area contributed by atoms with E-state index in [0.717, 1.165) is 72.7 Å². The lowest BCUT2D eigenvalue weighted by Crippen LogP contribution is -2.47. The Kier molecular flexibility index (Phi) is 9.70. The lowest BCUT2D eigenvalue weighted by atomic mass is 9.90. The fourth-order valence-electron chi connectivity index (χ4n) is 7.01. The number of imidazole rings is 2. The van der Waals surface area contributed by atoms with Gasteiger partial charge in [0.05, 0.1) is 29.8 Å². The van der Waals surface area contributed by atoms with Gasteiger partial charge < -0.3 is 24.2 Å². The minimum absolute atomic E-state index is 0.140. The molecule has 266 valence electrons. The Morgan fingerprint density at radius 1 is 0.840 bits per heavy atom. The van der Waals surface area contributed by atoms with E-state index < -0.39 is 16.7 Å². The Bertz CT molecular complexity index is 1800. The lowest BCUT2D eigenvalue weighted by molar-refractivity contribution is 0.00336. The fraction of sp³-hybridized carbons (Fsp3) is 0.487. The molecule has 0 saturated carbocycles. The van der Waals surface area contributed by atoms with Gasteiger partial charge in [-0.3, -0.25) is 9.80 Å². The third kappa shape index (κ3) is 7.66. The van der Waals surface area contributed by atoms with E-state index in [1.165, 1.54) is 0 Å². The molecule has 2 N–H and O–H groups in total. The molecule has 2 aromatic heterocycles. The number of rotatable bonds is 8. The highest BCUT2D eigenvalue weighted by Gasteiger charge is 2.48. The molecule has 2 aromatic carbocycles. The molecule has 4 heterocycles. The average Bonchev–Trinajstić information content (AvgIpc) is 3.86. The second kappa shape index (κ2) is 13.8. The second-order valence-electron chi connectivity index (χ2n) is 15.3. The molecule has 2 atom stereocenters. The molecule has 11 nitrogen and oxygen atoms in total. The lowest BCUT2D eigenvalue weighted by Gasteiger charge is -2.37. The molecule has 0 spiro atoms. The summed E-state index contributed by atoms with van der Waals surface area (Å²) in [7, 11) is 0. The summed E-state index contributed by atoms with van der Waals surface area (Å²) in [6, 6.07) is 15.6. The first-order valence-electron chi connectivity index (χ1n) is 17.7. The van der Waals surface area contributed by atoms with Gasteiger partial charge in [-0.25, -0.2) is 19.6 Å². The van der Waals surface area contributed by atoms with Crippen molar-refractivity contribution in [1.29, 1.82) is 0 Å². The van der Waals surface area contributed by atoms with Crippen molar-refractivity contribution in [2.24, 2.45) is 0 Å². The van der Waals surface area contributed by atoms with Crippen LogP contribution in [-0.4, -0.2) is 66.2 Å². The molecule has 2 aliphatic rings. The smallest absolute Gasteiger partial charge is 0.411 e. The topological polar surface area (TPSA) is 126 Å². The number of H-pyrrole nitrogens is 2. The number of hydrogen-bond donors (Lipinski definition) is 2. The van der Waals surface area contributed by atoms with Gasteiger partial charge in [0.25, 0.3) is 0 Å². The number of carbonyl (C=O) groups excluding carboxylic acids is 2. The Morgan fingerprint density at radius 2 is 1.54 bits per heavy atom. The van der Waals surface area contributed by atoms with E-state index in [2.05, 4.69) is 21.9 Å². The van der Waals surface area contributed by atoms with Gasteiger partial charge in [0.2, 0.25) is 0 Å². The zero-order valence-electron chi connectivity index (χ0n) is 30.3. The van der Waals surface area contributed by atoms with Crippen molar-refractivity contribution in [3.05, 3.63) is 72.6 Å². The van der Waals surface area contributed by atoms with Gasteiger partial charge in [-0.05, 0) is 116 Å². The van der Waals surface area contributed by atoms with Crippen molar-refractivity contribution in [3.8, 4) is 34.0 Å². The molecular weight excluding hydrogens is 632 g/mol. The summed E-state index contributed by atoms with van der Waals surface area (Å²) in [6.07, 6.45) is 8.21. The Morgan fingerprint density at radius 3 is 2.26 bits per heavy atom. The van der Waals surface area contributed by atoms with E-state index in [4.69, 9.17) is 19.2 Å². The van der Waals surface area contributed by atoms with Crippen LogP contribution in [0, 0.1) is 0 Å². The molecule has 2 amide bonds. The molecular formula is C39H50N6O5. The van der Waals surface area contributed by atoms with Gasteiger partial charge in [0, 0.05) is 18.7 Å². The van der Waals surface area contributed by atoms with E-state index in [1.54, 1.807) is 4.90 Å². The number of aromatic nitrogens is 4. The van der Waals surface area contributed by atoms with Crippen molar-refractivity contribution in [1.82, 2.24) is 29.7 Å². The summed E-state index contributed by atoms with van der Waals surface area (Å²) in [5.41, 5.74) is 1.97. The molecule has 0 aliphatic carbocycles. The molecule has 6 rings (SSSR count). The quantitative estimate of drug-likeness (QED) is 0.190. The Hall–Kier alpha value is -4.80. The summed E-state index contributed by atoms with van der Waals surface area (Å²) in [5.74, 6) is 2.93. The first-order valence-corrected chi connectivity index (χ1v) is 17.7. The van der Waals surface area contributed by atoms with Crippen molar-refractivity contribution in [2.45, 2.75) is 110 Å². The third-order valence-corrected chi connectivity index (χ3v) is 9.12. The molecule has 0 bridgehead atoms. The van der Waals surface area contributed by atoms with Crippen LogP contribution in [0.5, 0.6) is 11.5 Å². The van der Waals surface area contributed by atoms with Crippen LogP contribution in [0.4, 0.5) is 9.59 Å². The summed E-state index contributed by atoms with van der Waals surface area (Å²) in [5, 5.41) is 0. The number of hydrogen-bond acceptors (Lipinski definition) is 7. The number of aromatic amines is 2. The number of nitrogens with one attached hydrogen (secondary N) is 2. The molecule has 50 heavy (non-hydrogen) atoms. The maximum atomic E-state index is 13.3. The summed E-state index contributed by atoms with van der Waals surface area (Å²) >= 11 is 0. The summed E-state index contributed by atoms with van der Waals surface area (Å²) < 4.78 is 17.7. The van der Waals surface area contributed by atoms with Crippen molar-refractivity contribution >= 4 is 12.2 Å². The molecule has 2 unspecified atom stereocenters. The molecule has 0 radical (unpaired) electrons. The van der Waals surface area contributed by atoms with Crippen LogP contribution in [0.25, 0.3) is 22.5 Å². The first kappa shape index (κ1) is 35.0. The molecule has 2 aliphatic heterocycles. The predicted molar refractivity (Wildman–Crippen MR) is 192 cm³/mol. The van der Waals surface area contributed by atoms with Crippen LogP contribution in [0.2, 0.25) is 0 Å². The normalized spacial score (nSPS) is 19.5. The van der Waals surface area contributed by atoms with Gasteiger partial charge in [-0.1, -0.05) is 25.5 Å². The maximum Gasteiger partial charge on any atom is 0.411 e. The van der Waals surface area contributed by atoms with Gasteiger partial charge in [-0.15, -0.1) is 0 Å². The molecule has 2 fully saturated rings. The van der Waals surface area contributed by atoms with Gasteiger partial charge in [0.15, 0.2) is 0 Å². The monoisotopic (exact) mass is 682 g/mol. The van der Waals surface area contributed by atoms with Crippen LogP contribution < -0.4 is 4.74 Å². The number of amides is 2.